The number of hydrogen-bond acceptors (Lipinski definition) is 4. The number of esters is 1. The molecule has 1 fully saturated rings. The number of allylic oxidation sites excluding steroid dienone is 2. The van der Waals surface area contributed by atoms with Crippen LogP contribution in [0.5, 0.6) is 0 Å². The number of carbonyl (C=O) groups is 1. The zero-order chi connectivity index (χ0) is 16.5. The van der Waals surface area contributed by atoms with E-state index < -0.39 is 0 Å². The van der Waals surface area contributed by atoms with Gasteiger partial charge < -0.3 is 9.64 Å². The van der Waals surface area contributed by atoms with Crippen molar-refractivity contribution in [3.8, 4) is 0 Å². The van der Waals surface area contributed by atoms with Gasteiger partial charge in [-0.3, -0.25) is 0 Å². The maximum absolute atomic E-state index is 12.3. The summed E-state index contributed by atoms with van der Waals surface area (Å²) in [6, 6.07) is 14.6. The lowest BCUT2D eigenvalue weighted by Gasteiger charge is -2.21. The van der Waals surface area contributed by atoms with Gasteiger partial charge in [-0.2, -0.15) is 0 Å². The third kappa shape index (κ3) is 2.57. The average Bonchev–Trinajstić information content (AvgIpc) is 3.33. The predicted molar refractivity (Wildman–Crippen MR) is 96.4 cm³/mol. The fourth-order valence-electron chi connectivity index (χ4n) is 3.64. The molecular weight excluding hydrogens is 318 g/mol. The summed E-state index contributed by atoms with van der Waals surface area (Å²) in [4.78, 5) is 15.9. The maximum atomic E-state index is 12.3. The van der Waals surface area contributed by atoms with Gasteiger partial charge in [0, 0.05) is 24.4 Å². The predicted octanol–water partition coefficient (Wildman–Crippen LogP) is 4.24. The minimum absolute atomic E-state index is 0.200. The van der Waals surface area contributed by atoms with Crippen molar-refractivity contribution in [2.75, 3.05) is 13.7 Å². The van der Waals surface area contributed by atoms with E-state index in [0.717, 1.165) is 30.8 Å². The van der Waals surface area contributed by atoms with Gasteiger partial charge >= 0.3 is 5.97 Å². The van der Waals surface area contributed by atoms with E-state index in [2.05, 4.69) is 46.7 Å². The van der Waals surface area contributed by atoms with Gasteiger partial charge in [0.2, 0.25) is 0 Å². The normalized spacial score (nSPS) is 16.8. The van der Waals surface area contributed by atoms with Crippen LogP contribution in [0.2, 0.25) is 0 Å². The minimum atomic E-state index is -0.200. The Morgan fingerprint density at radius 2 is 2.00 bits per heavy atom. The number of fused-ring (bicyclic) bond motifs is 1. The molecule has 2 heterocycles. The Hall–Kier alpha value is -2.33. The van der Waals surface area contributed by atoms with Crippen molar-refractivity contribution in [2.24, 2.45) is 0 Å². The molecule has 3 nitrogen and oxygen atoms in total. The number of methoxy groups -OCH3 is 1. The third-order valence-corrected chi connectivity index (χ3v) is 5.63. The van der Waals surface area contributed by atoms with Crippen molar-refractivity contribution in [2.45, 2.75) is 19.4 Å². The van der Waals surface area contributed by atoms with Crippen LogP contribution in [0.3, 0.4) is 0 Å². The van der Waals surface area contributed by atoms with Crippen molar-refractivity contribution in [1.82, 2.24) is 4.90 Å². The highest BCUT2D eigenvalue weighted by Crippen LogP contribution is 2.46. The standard InChI is InChI=1S/C20H19NO2S/c1-23-20(22)17-12-16(18-8-5-11-24-18)15-9-10-21(19(15)17)13-14-6-3-2-4-7-14/h2-8,11H,9-10,12-13H2,1H3. The lowest BCUT2D eigenvalue weighted by molar-refractivity contribution is -0.136. The highest BCUT2D eigenvalue weighted by molar-refractivity contribution is 7.11. The number of rotatable bonds is 4. The first-order chi connectivity index (χ1) is 11.8. The quantitative estimate of drug-likeness (QED) is 0.782. The van der Waals surface area contributed by atoms with Crippen LogP contribution in [0, 0.1) is 0 Å². The largest absolute Gasteiger partial charge is 0.466 e. The van der Waals surface area contributed by atoms with Crippen molar-refractivity contribution < 1.29 is 9.53 Å². The molecule has 1 aliphatic carbocycles. The van der Waals surface area contributed by atoms with Gasteiger partial charge in [0.25, 0.3) is 0 Å². The van der Waals surface area contributed by atoms with E-state index in [0.29, 0.717) is 6.42 Å². The lowest BCUT2D eigenvalue weighted by Crippen LogP contribution is -2.20. The Balaban J connectivity index is 1.72. The van der Waals surface area contributed by atoms with Crippen molar-refractivity contribution in [1.29, 1.82) is 0 Å². The van der Waals surface area contributed by atoms with Gasteiger partial charge in [0.15, 0.2) is 0 Å². The first-order valence-corrected chi connectivity index (χ1v) is 9.02. The molecule has 0 bridgehead atoms. The molecule has 0 atom stereocenters. The topological polar surface area (TPSA) is 29.5 Å². The molecule has 4 heteroatoms. The molecule has 4 rings (SSSR count). The first kappa shape index (κ1) is 15.2. The van der Waals surface area contributed by atoms with E-state index in [1.807, 2.05) is 6.07 Å². The molecule has 0 amide bonds. The van der Waals surface area contributed by atoms with Crippen LogP contribution < -0.4 is 0 Å². The van der Waals surface area contributed by atoms with Gasteiger partial charge in [-0.1, -0.05) is 36.4 Å². The molecule has 1 aromatic heterocycles. The second-order valence-electron chi connectivity index (χ2n) is 6.09. The zero-order valence-corrected chi connectivity index (χ0v) is 14.4. The summed E-state index contributed by atoms with van der Waals surface area (Å²) in [6.07, 6.45) is 1.68. The molecule has 0 radical (unpaired) electrons. The van der Waals surface area contributed by atoms with Crippen LogP contribution in [-0.4, -0.2) is 24.5 Å². The average molecular weight is 337 g/mol. The number of thiophene rings is 1. The maximum Gasteiger partial charge on any atom is 0.336 e. The summed E-state index contributed by atoms with van der Waals surface area (Å²) in [6.45, 7) is 1.78. The summed E-state index contributed by atoms with van der Waals surface area (Å²) in [5, 5.41) is 2.09. The lowest BCUT2D eigenvalue weighted by atomic mass is 10.1. The van der Waals surface area contributed by atoms with E-state index >= 15 is 0 Å². The van der Waals surface area contributed by atoms with E-state index in [1.165, 1.54) is 28.7 Å². The molecule has 2 aliphatic rings. The fraction of sp³-hybridized carbons (Fsp3) is 0.250. The van der Waals surface area contributed by atoms with Crippen molar-refractivity contribution in [3.05, 3.63) is 75.1 Å². The Labute approximate surface area is 145 Å². The van der Waals surface area contributed by atoms with E-state index in [4.69, 9.17) is 4.74 Å². The molecule has 0 saturated carbocycles. The molecule has 122 valence electrons. The van der Waals surface area contributed by atoms with Crippen molar-refractivity contribution in [3.63, 3.8) is 0 Å². The van der Waals surface area contributed by atoms with Gasteiger partial charge in [0.05, 0.1) is 18.4 Å². The zero-order valence-electron chi connectivity index (χ0n) is 13.6. The van der Waals surface area contributed by atoms with Gasteiger partial charge in [-0.25, -0.2) is 4.79 Å². The van der Waals surface area contributed by atoms with E-state index in [9.17, 15) is 4.79 Å². The van der Waals surface area contributed by atoms with Gasteiger partial charge in [0.1, 0.15) is 0 Å². The fourth-order valence-corrected chi connectivity index (χ4v) is 4.44. The number of likely N-dealkylation sites (tertiary alicyclic amines) is 1. The van der Waals surface area contributed by atoms with Crippen molar-refractivity contribution >= 4 is 22.9 Å². The van der Waals surface area contributed by atoms with Gasteiger partial charge in [-0.15, -0.1) is 11.3 Å². The number of nitrogens with zero attached hydrogens (tertiary/aromatic N) is 1. The summed E-state index contributed by atoms with van der Waals surface area (Å²) >= 11 is 1.74. The smallest absolute Gasteiger partial charge is 0.336 e. The molecule has 2 aromatic rings. The van der Waals surface area contributed by atoms with E-state index in [-0.39, 0.29) is 5.97 Å². The molecule has 1 aromatic carbocycles. The Morgan fingerprint density at radius 3 is 2.71 bits per heavy atom. The SMILES string of the molecule is COC(=O)C1=C2C(=C(c3cccs3)C1)CCN2Cc1ccccc1. The highest BCUT2D eigenvalue weighted by Gasteiger charge is 2.36. The second kappa shape index (κ2) is 6.29. The first-order valence-electron chi connectivity index (χ1n) is 8.14. The molecular formula is C20H19NO2S. The molecule has 1 aliphatic heterocycles. The Morgan fingerprint density at radius 1 is 1.17 bits per heavy atom. The van der Waals surface area contributed by atoms with Crippen LogP contribution in [-0.2, 0) is 16.1 Å². The molecule has 0 spiro atoms. The minimum Gasteiger partial charge on any atom is -0.466 e. The van der Waals surface area contributed by atoms with Crippen LogP contribution in [0.4, 0.5) is 0 Å². The highest BCUT2D eigenvalue weighted by atomic mass is 32.1. The molecule has 1 saturated heterocycles. The number of benzene rings is 1. The molecule has 24 heavy (non-hydrogen) atoms. The second-order valence-corrected chi connectivity index (χ2v) is 7.03. The van der Waals surface area contributed by atoms with Crippen LogP contribution >= 0.6 is 11.3 Å². The summed E-state index contributed by atoms with van der Waals surface area (Å²) < 4.78 is 5.06. The van der Waals surface area contributed by atoms with Crippen LogP contribution in [0.1, 0.15) is 23.3 Å². The Bertz CT molecular complexity index is 819. The monoisotopic (exact) mass is 337 g/mol. The van der Waals surface area contributed by atoms with Crippen LogP contribution in [0.15, 0.2) is 64.7 Å². The van der Waals surface area contributed by atoms with Gasteiger partial charge in [-0.05, 0) is 34.6 Å². The molecule has 0 unspecified atom stereocenters. The summed E-state index contributed by atoms with van der Waals surface area (Å²) in [7, 11) is 1.47. The number of ether oxygens (including phenoxy) is 1. The molecule has 0 N–H and O–H groups in total. The number of carbonyl (C=O) groups excluding carboxylic acids is 1. The Kier molecular flexibility index (Phi) is 3.98. The summed E-state index contributed by atoms with van der Waals surface area (Å²) in [5.41, 5.74) is 5.81. The number of hydrogen-bond donors (Lipinski definition) is 0. The van der Waals surface area contributed by atoms with E-state index in [1.54, 1.807) is 11.3 Å². The summed E-state index contributed by atoms with van der Waals surface area (Å²) in [5.74, 6) is -0.200. The third-order valence-electron chi connectivity index (χ3n) is 4.70. The van der Waals surface area contributed by atoms with Crippen LogP contribution in [0.25, 0.3) is 5.57 Å².